The van der Waals surface area contributed by atoms with Crippen molar-refractivity contribution >= 4 is 23.2 Å². The van der Waals surface area contributed by atoms with E-state index >= 15 is 0 Å². The molecule has 1 amide bonds. The van der Waals surface area contributed by atoms with Crippen molar-refractivity contribution in [3.05, 3.63) is 46.2 Å². The molecule has 8 heteroatoms. The Balaban J connectivity index is 1.44. The van der Waals surface area contributed by atoms with E-state index in [0.29, 0.717) is 25.5 Å². The van der Waals surface area contributed by atoms with Crippen LogP contribution in [0.5, 0.6) is 11.5 Å². The van der Waals surface area contributed by atoms with Crippen LogP contribution in [0.3, 0.4) is 0 Å². The molecule has 168 valence electrons. The van der Waals surface area contributed by atoms with E-state index in [4.69, 9.17) is 9.47 Å². The summed E-state index contributed by atoms with van der Waals surface area (Å²) in [5.41, 5.74) is 1.29. The van der Waals surface area contributed by atoms with Crippen LogP contribution < -0.4 is 20.1 Å². The number of amides is 1. The minimum absolute atomic E-state index is 0.0997. The molecule has 1 aliphatic rings. The molecule has 1 aromatic heterocycles. The predicted molar refractivity (Wildman–Crippen MR) is 125 cm³/mol. The average Bonchev–Trinajstić information content (AvgIpc) is 3.25. The summed E-state index contributed by atoms with van der Waals surface area (Å²) in [5.74, 6) is 2.38. The summed E-state index contributed by atoms with van der Waals surface area (Å²) in [6.45, 7) is 7.31. The van der Waals surface area contributed by atoms with Gasteiger partial charge in [0.2, 0.25) is 5.91 Å². The van der Waals surface area contributed by atoms with Crippen molar-refractivity contribution < 1.29 is 14.3 Å². The van der Waals surface area contributed by atoms with E-state index in [9.17, 15) is 4.79 Å². The Morgan fingerprint density at radius 3 is 2.94 bits per heavy atom. The van der Waals surface area contributed by atoms with Gasteiger partial charge in [-0.05, 0) is 49.4 Å². The van der Waals surface area contributed by atoms with Crippen LogP contribution in [0.2, 0.25) is 0 Å². The largest absolute Gasteiger partial charge is 0.497 e. The first-order chi connectivity index (χ1) is 15.1. The van der Waals surface area contributed by atoms with Crippen molar-refractivity contribution in [1.29, 1.82) is 0 Å². The third-order valence-corrected chi connectivity index (χ3v) is 6.04. The number of benzene rings is 1. The molecule has 1 unspecified atom stereocenters. The quantitative estimate of drug-likeness (QED) is 0.459. The van der Waals surface area contributed by atoms with Gasteiger partial charge in [0.05, 0.1) is 13.7 Å². The van der Waals surface area contributed by atoms with Crippen LogP contribution in [0.15, 0.2) is 40.7 Å². The lowest BCUT2D eigenvalue weighted by molar-refractivity contribution is -0.131. The molecule has 0 radical (unpaired) electrons. The van der Waals surface area contributed by atoms with Crippen molar-refractivity contribution in [3.8, 4) is 11.5 Å². The molecule has 31 heavy (non-hydrogen) atoms. The van der Waals surface area contributed by atoms with Gasteiger partial charge in [-0.1, -0.05) is 6.07 Å². The van der Waals surface area contributed by atoms with Gasteiger partial charge in [-0.25, -0.2) is 4.99 Å². The fourth-order valence-corrected chi connectivity index (χ4v) is 4.30. The lowest BCUT2D eigenvalue weighted by atomic mass is 10.1. The SMILES string of the molecule is CCNC(=NCC(C)Oc1cccc(OC)c1)NCCC(=O)N1CCc2sccc2C1. The fraction of sp³-hybridized carbons (Fsp3) is 0.478. The van der Waals surface area contributed by atoms with E-state index in [2.05, 4.69) is 27.1 Å². The number of fused-ring (bicyclic) bond motifs is 1. The maximum Gasteiger partial charge on any atom is 0.224 e. The maximum atomic E-state index is 12.6. The van der Waals surface area contributed by atoms with E-state index in [-0.39, 0.29) is 12.0 Å². The Kier molecular flexibility index (Phi) is 8.58. The number of rotatable bonds is 9. The molecule has 1 aliphatic heterocycles. The number of guanidine groups is 1. The van der Waals surface area contributed by atoms with Crippen molar-refractivity contribution in [2.75, 3.05) is 33.3 Å². The van der Waals surface area contributed by atoms with Gasteiger partial charge in [-0.15, -0.1) is 11.3 Å². The molecule has 2 aromatic rings. The standard InChI is InChI=1S/C23H32N4O3S/c1-4-24-23(26-15-17(2)30-20-7-5-6-19(14-20)29-3)25-11-8-22(28)27-12-9-21-18(16-27)10-13-31-21/h5-7,10,13-14,17H,4,8-9,11-12,15-16H2,1-3H3,(H2,24,25,26). The van der Waals surface area contributed by atoms with E-state index in [0.717, 1.165) is 37.6 Å². The minimum Gasteiger partial charge on any atom is -0.497 e. The van der Waals surface area contributed by atoms with Crippen LogP contribution in [-0.4, -0.2) is 56.2 Å². The van der Waals surface area contributed by atoms with Gasteiger partial charge < -0.3 is 25.0 Å². The number of aliphatic imine (C=N–C) groups is 1. The van der Waals surface area contributed by atoms with E-state index in [1.807, 2.05) is 43.0 Å². The zero-order valence-electron chi connectivity index (χ0n) is 18.5. The number of thiophene rings is 1. The molecule has 3 rings (SSSR count). The summed E-state index contributed by atoms with van der Waals surface area (Å²) >= 11 is 1.79. The van der Waals surface area contributed by atoms with Crippen molar-refractivity contribution in [2.24, 2.45) is 4.99 Å². The summed E-state index contributed by atoms with van der Waals surface area (Å²) in [6, 6.07) is 9.66. The summed E-state index contributed by atoms with van der Waals surface area (Å²) in [7, 11) is 1.64. The van der Waals surface area contributed by atoms with Gasteiger partial charge in [0.15, 0.2) is 5.96 Å². The van der Waals surface area contributed by atoms with Gasteiger partial charge in [0, 0.05) is 43.5 Å². The molecule has 1 atom stereocenters. The molecular formula is C23H32N4O3S. The number of methoxy groups -OCH3 is 1. The van der Waals surface area contributed by atoms with E-state index in [1.54, 1.807) is 18.4 Å². The zero-order valence-corrected chi connectivity index (χ0v) is 19.3. The zero-order chi connectivity index (χ0) is 22.1. The van der Waals surface area contributed by atoms with Crippen LogP contribution in [-0.2, 0) is 17.8 Å². The first kappa shape index (κ1) is 22.9. The Labute approximate surface area is 188 Å². The molecule has 1 aromatic carbocycles. The Bertz CT molecular complexity index is 883. The third kappa shape index (κ3) is 6.89. The first-order valence-corrected chi connectivity index (χ1v) is 11.6. The van der Waals surface area contributed by atoms with Crippen LogP contribution in [0.4, 0.5) is 0 Å². The molecule has 7 nitrogen and oxygen atoms in total. The number of nitrogens with zero attached hydrogens (tertiary/aromatic N) is 2. The second-order valence-corrected chi connectivity index (χ2v) is 8.44. The fourth-order valence-electron chi connectivity index (χ4n) is 3.41. The van der Waals surface area contributed by atoms with Gasteiger partial charge in [-0.3, -0.25) is 4.79 Å². The lowest BCUT2D eigenvalue weighted by Crippen LogP contribution is -2.41. The Morgan fingerprint density at radius 1 is 1.29 bits per heavy atom. The number of carbonyl (C=O) groups is 1. The summed E-state index contributed by atoms with van der Waals surface area (Å²) < 4.78 is 11.2. The van der Waals surface area contributed by atoms with Crippen molar-refractivity contribution in [2.45, 2.75) is 39.3 Å². The number of ether oxygens (including phenoxy) is 2. The molecule has 2 heterocycles. The van der Waals surface area contributed by atoms with E-state index < -0.39 is 0 Å². The Hall–Kier alpha value is -2.74. The highest BCUT2D eigenvalue weighted by Gasteiger charge is 2.21. The van der Waals surface area contributed by atoms with Crippen LogP contribution in [0, 0.1) is 0 Å². The molecule has 0 aliphatic carbocycles. The summed E-state index contributed by atoms with van der Waals surface area (Å²) in [4.78, 5) is 20.5. The van der Waals surface area contributed by atoms with Crippen molar-refractivity contribution in [1.82, 2.24) is 15.5 Å². The minimum atomic E-state index is -0.0997. The summed E-state index contributed by atoms with van der Waals surface area (Å²) in [6.07, 6.45) is 1.30. The molecule has 2 N–H and O–H groups in total. The number of hydrogen-bond donors (Lipinski definition) is 2. The normalized spacial score (nSPS) is 14.5. The van der Waals surface area contributed by atoms with Crippen LogP contribution in [0.1, 0.15) is 30.7 Å². The lowest BCUT2D eigenvalue weighted by Gasteiger charge is -2.27. The van der Waals surface area contributed by atoms with Gasteiger partial charge >= 0.3 is 0 Å². The summed E-state index contributed by atoms with van der Waals surface area (Å²) in [5, 5.41) is 8.59. The second kappa shape index (κ2) is 11.6. The van der Waals surface area contributed by atoms with Gasteiger partial charge in [0.1, 0.15) is 17.6 Å². The predicted octanol–water partition coefficient (Wildman–Crippen LogP) is 3.05. The molecule has 0 fully saturated rings. The molecule has 0 saturated heterocycles. The number of carbonyl (C=O) groups excluding carboxylic acids is 1. The highest BCUT2D eigenvalue weighted by Crippen LogP contribution is 2.24. The maximum absolute atomic E-state index is 12.6. The third-order valence-electron chi connectivity index (χ3n) is 5.02. The van der Waals surface area contributed by atoms with Gasteiger partial charge in [-0.2, -0.15) is 0 Å². The van der Waals surface area contributed by atoms with Crippen molar-refractivity contribution in [3.63, 3.8) is 0 Å². The number of hydrogen-bond acceptors (Lipinski definition) is 5. The highest BCUT2D eigenvalue weighted by atomic mass is 32.1. The Morgan fingerprint density at radius 2 is 2.13 bits per heavy atom. The highest BCUT2D eigenvalue weighted by molar-refractivity contribution is 7.10. The topological polar surface area (TPSA) is 75.2 Å². The second-order valence-electron chi connectivity index (χ2n) is 7.44. The van der Waals surface area contributed by atoms with Gasteiger partial charge in [0.25, 0.3) is 0 Å². The monoisotopic (exact) mass is 444 g/mol. The average molecular weight is 445 g/mol. The molecule has 0 bridgehead atoms. The molecular weight excluding hydrogens is 412 g/mol. The van der Waals surface area contributed by atoms with E-state index in [1.165, 1.54) is 10.4 Å². The number of nitrogens with one attached hydrogen (secondary N) is 2. The van der Waals surface area contributed by atoms with Crippen LogP contribution in [0.25, 0.3) is 0 Å². The van der Waals surface area contributed by atoms with Crippen LogP contribution >= 0.6 is 11.3 Å². The smallest absolute Gasteiger partial charge is 0.224 e. The molecule has 0 saturated carbocycles. The molecule has 0 spiro atoms. The first-order valence-electron chi connectivity index (χ1n) is 10.7.